The molecule has 1 saturated carbocycles. The zero-order chi connectivity index (χ0) is 14.6. The largest absolute Gasteiger partial charge is 0.388 e. The van der Waals surface area contributed by atoms with Gasteiger partial charge in [0.05, 0.1) is 11.6 Å². The number of piperidine rings is 1. The lowest BCUT2D eigenvalue weighted by Gasteiger charge is -2.40. The second-order valence-corrected chi connectivity index (χ2v) is 6.60. The Morgan fingerprint density at radius 2 is 1.90 bits per heavy atom. The summed E-state index contributed by atoms with van der Waals surface area (Å²) in [5, 5.41) is 16.7. The van der Waals surface area contributed by atoms with Crippen LogP contribution >= 0.6 is 0 Å². The fourth-order valence-electron chi connectivity index (χ4n) is 3.58. The molecule has 1 amide bonds. The third-order valence-corrected chi connectivity index (χ3v) is 5.37. The van der Waals surface area contributed by atoms with Crippen molar-refractivity contribution in [3.8, 4) is 0 Å². The summed E-state index contributed by atoms with van der Waals surface area (Å²) < 4.78 is 0. The SMILES string of the molecule is CCC(O)(CC)CNC(=O)C1CCC2CCCCC2N1. The van der Waals surface area contributed by atoms with Crippen molar-refractivity contribution in [1.82, 2.24) is 10.6 Å². The molecule has 0 radical (unpaired) electrons. The molecule has 1 aliphatic heterocycles. The van der Waals surface area contributed by atoms with Gasteiger partial charge in [0.25, 0.3) is 0 Å². The summed E-state index contributed by atoms with van der Waals surface area (Å²) >= 11 is 0. The van der Waals surface area contributed by atoms with Crippen LogP contribution in [0.15, 0.2) is 0 Å². The predicted molar refractivity (Wildman–Crippen MR) is 80.4 cm³/mol. The van der Waals surface area contributed by atoms with E-state index in [1.807, 2.05) is 13.8 Å². The van der Waals surface area contributed by atoms with Crippen LogP contribution in [-0.4, -0.2) is 35.2 Å². The van der Waals surface area contributed by atoms with Gasteiger partial charge in [-0.3, -0.25) is 4.79 Å². The number of amides is 1. The molecule has 20 heavy (non-hydrogen) atoms. The molecular formula is C16H30N2O2. The van der Waals surface area contributed by atoms with Crippen LogP contribution < -0.4 is 10.6 Å². The lowest BCUT2D eigenvalue weighted by atomic mass is 9.77. The van der Waals surface area contributed by atoms with Crippen LogP contribution in [0.4, 0.5) is 0 Å². The van der Waals surface area contributed by atoms with E-state index in [-0.39, 0.29) is 11.9 Å². The molecule has 2 fully saturated rings. The zero-order valence-electron chi connectivity index (χ0n) is 13.0. The van der Waals surface area contributed by atoms with Gasteiger partial charge in [0, 0.05) is 12.6 Å². The van der Waals surface area contributed by atoms with Crippen molar-refractivity contribution in [3.63, 3.8) is 0 Å². The topological polar surface area (TPSA) is 61.4 Å². The van der Waals surface area contributed by atoms with Crippen molar-refractivity contribution >= 4 is 5.91 Å². The highest BCUT2D eigenvalue weighted by molar-refractivity contribution is 5.81. The fraction of sp³-hybridized carbons (Fsp3) is 0.938. The van der Waals surface area contributed by atoms with E-state index in [2.05, 4.69) is 10.6 Å². The first-order valence-corrected chi connectivity index (χ1v) is 8.34. The van der Waals surface area contributed by atoms with Crippen LogP contribution in [-0.2, 0) is 4.79 Å². The second-order valence-electron chi connectivity index (χ2n) is 6.60. The van der Waals surface area contributed by atoms with Crippen LogP contribution in [0.2, 0.25) is 0 Å². The molecule has 3 unspecified atom stereocenters. The molecule has 0 aromatic heterocycles. The van der Waals surface area contributed by atoms with Crippen molar-refractivity contribution < 1.29 is 9.90 Å². The Labute approximate surface area is 122 Å². The summed E-state index contributed by atoms with van der Waals surface area (Å²) in [6.45, 7) is 4.29. The van der Waals surface area contributed by atoms with Gasteiger partial charge in [0.15, 0.2) is 0 Å². The molecule has 2 aliphatic rings. The number of aliphatic hydroxyl groups is 1. The lowest BCUT2D eigenvalue weighted by molar-refractivity contribution is -0.125. The Bertz CT molecular complexity index is 328. The Morgan fingerprint density at radius 3 is 2.60 bits per heavy atom. The van der Waals surface area contributed by atoms with Gasteiger partial charge in [-0.2, -0.15) is 0 Å². The Kier molecular flexibility index (Phi) is 5.44. The summed E-state index contributed by atoms with van der Waals surface area (Å²) in [5.41, 5.74) is -0.752. The van der Waals surface area contributed by atoms with Gasteiger partial charge in [-0.15, -0.1) is 0 Å². The summed E-state index contributed by atoms with van der Waals surface area (Å²) in [5.74, 6) is 0.838. The third kappa shape index (κ3) is 3.73. The van der Waals surface area contributed by atoms with Gasteiger partial charge in [-0.25, -0.2) is 0 Å². The minimum absolute atomic E-state index is 0.0627. The highest BCUT2D eigenvalue weighted by atomic mass is 16.3. The molecule has 0 aromatic carbocycles. The van der Waals surface area contributed by atoms with Gasteiger partial charge < -0.3 is 15.7 Å². The van der Waals surface area contributed by atoms with Crippen molar-refractivity contribution in [1.29, 1.82) is 0 Å². The first-order chi connectivity index (χ1) is 9.58. The van der Waals surface area contributed by atoms with E-state index >= 15 is 0 Å². The number of nitrogens with one attached hydrogen (secondary N) is 2. The quantitative estimate of drug-likeness (QED) is 0.722. The molecule has 0 aromatic rings. The molecular weight excluding hydrogens is 252 g/mol. The van der Waals surface area contributed by atoms with Gasteiger partial charge in [-0.1, -0.05) is 26.7 Å². The summed E-state index contributed by atoms with van der Waals surface area (Å²) in [7, 11) is 0. The van der Waals surface area contributed by atoms with Crippen molar-refractivity contribution in [3.05, 3.63) is 0 Å². The van der Waals surface area contributed by atoms with E-state index < -0.39 is 5.60 Å². The van der Waals surface area contributed by atoms with E-state index in [4.69, 9.17) is 0 Å². The van der Waals surface area contributed by atoms with Crippen molar-refractivity contribution in [2.75, 3.05) is 6.54 Å². The summed E-state index contributed by atoms with van der Waals surface area (Å²) in [6.07, 6.45) is 8.61. The molecule has 1 heterocycles. The van der Waals surface area contributed by atoms with Gasteiger partial charge >= 0.3 is 0 Å². The molecule has 4 heteroatoms. The van der Waals surface area contributed by atoms with E-state index in [9.17, 15) is 9.90 Å². The molecule has 1 saturated heterocycles. The molecule has 2 rings (SSSR count). The average Bonchev–Trinajstić information content (AvgIpc) is 2.51. The third-order valence-electron chi connectivity index (χ3n) is 5.37. The zero-order valence-corrected chi connectivity index (χ0v) is 13.0. The monoisotopic (exact) mass is 282 g/mol. The predicted octanol–water partition coefficient (Wildman–Crippen LogP) is 1.96. The van der Waals surface area contributed by atoms with Crippen molar-refractivity contribution in [2.45, 2.75) is 82.9 Å². The Morgan fingerprint density at radius 1 is 1.20 bits per heavy atom. The Balaban J connectivity index is 1.81. The number of rotatable bonds is 5. The lowest BCUT2D eigenvalue weighted by Crippen LogP contribution is -2.56. The van der Waals surface area contributed by atoms with Crippen molar-refractivity contribution in [2.24, 2.45) is 5.92 Å². The first-order valence-electron chi connectivity index (χ1n) is 8.34. The van der Waals surface area contributed by atoms with E-state index in [0.29, 0.717) is 25.4 Å². The minimum Gasteiger partial charge on any atom is -0.388 e. The fourth-order valence-corrected chi connectivity index (χ4v) is 3.58. The molecule has 0 spiro atoms. The highest BCUT2D eigenvalue weighted by Crippen LogP contribution is 2.32. The first kappa shape index (κ1) is 15.8. The van der Waals surface area contributed by atoms with E-state index in [1.54, 1.807) is 0 Å². The number of fused-ring (bicyclic) bond motifs is 1. The summed E-state index contributed by atoms with van der Waals surface area (Å²) in [6, 6.07) is 0.469. The molecule has 3 N–H and O–H groups in total. The smallest absolute Gasteiger partial charge is 0.237 e. The number of carbonyl (C=O) groups is 1. The Hall–Kier alpha value is -0.610. The molecule has 4 nitrogen and oxygen atoms in total. The van der Waals surface area contributed by atoms with Crippen LogP contribution in [0.25, 0.3) is 0 Å². The highest BCUT2D eigenvalue weighted by Gasteiger charge is 2.35. The van der Waals surface area contributed by atoms with E-state index in [0.717, 1.165) is 12.3 Å². The standard InChI is InChI=1S/C16H30N2O2/c1-3-16(20,4-2)11-17-15(19)14-10-9-12-7-5-6-8-13(12)18-14/h12-14,18,20H,3-11H2,1-2H3,(H,17,19). The number of carbonyl (C=O) groups excluding carboxylic acids is 1. The normalized spacial score (nSPS) is 30.6. The molecule has 1 aliphatic carbocycles. The maximum Gasteiger partial charge on any atom is 0.237 e. The van der Waals surface area contributed by atoms with Gasteiger partial charge in [-0.05, 0) is 44.4 Å². The average molecular weight is 282 g/mol. The van der Waals surface area contributed by atoms with Gasteiger partial charge in [0.1, 0.15) is 0 Å². The summed E-state index contributed by atoms with van der Waals surface area (Å²) in [4.78, 5) is 12.3. The maximum absolute atomic E-state index is 12.3. The maximum atomic E-state index is 12.3. The van der Waals surface area contributed by atoms with E-state index in [1.165, 1.54) is 32.1 Å². The molecule has 0 bridgehead atoms. The number of hydrogen-bond donors (Lipinski definition) is 3. The van der Waals surface area contributed by atoms with Crippen LogP contribution in [0, 0.1) is 5.92 Å². The molecule has 116 valence electrons. The molecule has 3 atom stereocenters. The van der Waals surface area contributed by atoms with Gasteiger partial charge in [0.2, 0.25) is 5.91 Å². The van der Waals surface area contributed by atoms with Crippen LogP contribution in [0.1, 0.15) is 65.2 Å². The second kappa shape index (κ2) is 6.90. The van der Waals surface area contributed by atoms with Crippen LogP contribution in [0.5, 0.6) is 0 Å². The number of hydrogen-bond acceptors (Lipinski definition) is 3. The minimum atomic E-state index is -0.752. The van der Waals surface area contributed by atoms with Crippen LogP contribution in [0.3, 0.4) is 0 Å².